The van der Waals surface area contributed by atoms with Crippen LogP contribution in [0.25, 0.3) is 0 Å². The van der Waals surface area contributed by atoms with E-state index >= 15 is 0 Å². The molecule has 0 spiro atoms. The second-order valence-corrected chi connectivity index (χ2v) is 8.84. The number of ketones is 1. The van der Waals surface area contributed by atoms with Gasteiger partial charge in [0, 0.05) is 31.2 Å². The largest absolute Gasteiger partial charge is 0.481 e. The van der Waals surface area contributed by atoms with Crippen LogP contribution in [0, 0.1) is 5.92 Å². The van der Waals surface area contributed by atoms with E-state index in [0.29, 0.717) is 23.3 Å². The SMILES string of the molecule is CC(=O)c1cccc(OC(C)C(=O)N2CCC3C(CCCN3Cc3ccccc3)C2)c1. The number of likely N-dealkylation sites (tertiary alicyclic amines) is 2. The molecule has 2 heterocycles. The average Bonchev–Trinajstić information content (AvgIpc) is 2.79. The summed E-state index contributed by atoms with van der Waals surface area (Å²) >= 11 is 0. The summed E-state index contributed by atoms with van der Waals surface area (Å²) in [7, 11) is 0. The summed E-state index contributed by atoms with van der Waals surface area (Å²) in [6.07, 6.45) is 2.80. The minimum atomic E-state index is -0.567. The molecule has 31 heavy (non-hydrogen) atoms. The number of rotatable bonds is 6. The van der Waals surface area contributed by atoms with Gasteiger partial charge in [0.25, 0.3) is 5.91 Å². The van der Waals surface area contributed by atoms with Gasteiger partial charge in [-0.3, -0.25) is 14.5 Å². The summed E-state index contributed by atoms with van der Waals surface area (Å²) in [4.78, 5) is 29.3. The van der Waals surface area contributed by atoms with Crippen LogP contribution < -0.4 is 4.74 Å². The lowest BCUT2D eigenvalue weighted by atomic mass is 9.83. The zero-order chi connectivity index (χ0) is 21.8. The number of hydrogen-bond donors (Lipinski definition) is 0. The molecule has 2 saturated heterocycles. The highest BCUT2D eigenvalue weighted by molar-refractivity contribution is 5.94. The molecule has 5 heteroatoms. The van der Waals surface area contributed by atoms with Gasteiger partial charge >= 0.3 is 0 Å². The predicted octanol–water partition coefficient (Wildman–Crippen LogP) is 4.17. The molecule has 2 aliphatic rings. The number of carbonyl (C=O) groups excluding carboxylic acids is 2. The van der Waals surface area contributed by atoms with Crippen molar-refractivity contribution >= 4 is 11.7 Å². The summed E-state index contributed by atoms with van der Waals surface area (Å²) in [5.41, 5.74) is 1.95. The molecular formula is C26H32N2O3. The third kappa shape index (κ3) is 5.16. The van der Waals surface area contributed by atoms with Gasteiger partial charge in [-0.2, -0.15) is 0 Å². The van der Waals surface area contributed by atoms with Gasteiger partial charge in [0.1, 0.15) is 5.75 Å². The van der Waals surface area contributed by atoms with Gasteiger partial charge in [0.2, 0.25) is 0 Å². The van der Waals surface area contributed by atoms with Gasteiger partial charge in [-0.25, -0.2) is 0 Å². The molecule has 2 aromatic carbocycles. The van der Waals surface area contributed by atoms with Crippen molar-refractivity contribution < 1.29 is 14.3 Å². The van der Waals surface area contributed by atoms with Crippen molar-refractivity contribution in [1.82, 2.24) is 9.80 Å². The molecule has 2 fully saturated rings. The van der Waals surface area contributed by atoms with Crippen LogP contribution in [0.5, 0.6) is 5.75 Å². The lowest BCUT2D eigenvalue weighted by molar-refractivity contribution is -0.141. The van der Waals surface area contributed by atoms with Gasteiger partial charge in [-0.15, -0.1) is 0 Å². The first-order valence-corrected chi connectivity index (χ1v) is 11.4. The molecular weight excluding hydrogens is 388 g/mol. The third-order valence-corrected chi connectivity index (χ3v) is 6.62. The zero-order valence-electron chi connectivity index (χ0n) is 18.5. The number of carbonyl (C=O) groups is 2. The smallest absolute Gasteiger partial charge is 0.263 e. The summed E-state index contributed by atoms with van der Waals surface area (Å²) in [6.45, 7) is 7.03. The maximum atomic E-state index is 13.1. The lowest BCUT2D eigenvalue weighted by Gasteiger charge is -2.47. The van der Waals surface area contributed by atoms with E-state index in [9.17, 15) is 9.59 Å². The second kappa shape index (κ2) is 9.65. The number of hydrogen-bond acceptors (Lipinski definition) is 4. The van der Waals surface area contributed by atoms with Gasteiger partial charge in [0.15, 0.2) is 11.9 Å². The molecule has 3 unspecified atom stereocenters. The molecule has 0 aliphatic carbocycles. The van der Waals surface area contributed by atoms with Crippen molar-refractivity contribution in [2.45, 2.75) is 51.8 Å². The molecule has 3 atom stereocenters. The van der Waals surface area contributed by atoms with Gasteiger partial charge in [0.05, 0.1) is 0 Å². The lowest BCUT2D eigenvalue weighted by Crippen LogP contribution is -2.56. The molecule has 2 aromatic rings. The summed E-state index contributed by atoms with van der Waals surface area (Å²) in [5.74, 6) is 1.11. The maximum absolute atomic E-state index is 13.1. The van der Waals surface area contributed by atoms with E-state index in [1.807, 2.05) is 4.90 Å². The fraction of sp³-hybridized carbons (Fsp3) is 0.462. The second-order valence-electron chi connectivity index (χ2n) is 8.84. The van der Waals surface area contributed by atoms with Gasteiger partial charge in [-0.1, -0.05) is 42.5 Å². The zero-order valence-corrected chi connectivity index (χ0v) is 18.5. The van der Waals surface area contributed by atoms with E-state index < -0.39 is 6.10 Å². The molecule has 4 rings (SSSR count). The van der Waals surface area contributed by atoms with Crippen molar-refractivity contribution in [3.8, 4) is 5.75 Å². The summed E-state index contributed by atoms with van der Waals surface area (Å²) < 4.78 is 5.90. The molecule has 5 nitrogen and oxygen atoms in total. The first-order valence-electron chi connectivity index (χ1n) is 11.4. The van der Waals surface area contributed by atoms with E-state index in [2.05, 4.69) is 35.2 Å². The van der Waals surface area contributed by atoms with Crippen LogP contribution in [0.4, 0.5) is 0 Å². The number of ether oxygens (including phenoxy) is 1. The molecule has 2 aliphatic heterocycles. The van der Waals surface area contributed by atoms with Crippen molar-refractivity contribution in [2.24, 2.45) is 5.92 Å². The normalized spacial score (nSPS) is 22.5. The van der Waals surface area contributed by atoms with Crippen LogP contribution in [0.2, 0.25) is 0 Å². The Morgan fingerprint density at radius 2 is 1.87 bits per heavy atom. The topological polar surface area (TPSA) is 49.9 Å². The van der Waals surface area contributed by atoms with E-state index in [1.54, 1.807) is 31.2 Å². The van der Waals surface area contributed by atoms with E-state index in [-0.39, 0.29) is 11.7 Å². The average molecular weight is 421 g/mol. The van der Waals surface area contributed by atoms with Crippen LogP contribution >= 0.6 is 0 Å². The molecule has 0 saturated carbocycles. The van der Waals surface area contributed by atoms with E-state index in [4.69, 9.17) is 4.74 Å². The quantitative estimate of drug-likeness (QED) is 0.658. The number of Topliss-reactive ketones (excluding diaryl/α,β-unsaturated/α-hetero) is 1. The van der Waals surface area contributed by atoms with E-state index in [0.717, 1.165) is 32.6 Å². The first-order chi connectivity index (χ1) is 15.0. The number of nitrogens with zero attached hydrogens (tertiary/aromatic N) is 2. The summed E-state index contributed by atoms with van der Waals surface area (Å²) in [5, 5.41) is 0. The Morgan fingerprint density at radius 3 is 2.65 bits per heavy atom. The monoisotopic (exact) mass is 420 g/mol. The summed E-state index contributed by atoms with van der Waals surface area (Å²) in [6, 6.07) is 18.3. The van der Waals surface area contributed by atoms with Crippen LogP contribution in [-0.4, -0.2) is 53.3 Å². The van der Waals surface area contributed by atoms with Gasteiger partial charge < -0.3 is 9.64 Å². The third-order valence-electron chi connectivity index (χ3n) is 6.62. The standard InChI is InChI=1S/C26H32N2O3/c1-19(29)22-10-6-12-24(16-22)31-20(2)26(30)28-15-13-25-23(18-28)11-7-14-27(25)17-21-8-4-3-5-9-21/h3-6,8-10,12,16,20,23,25H,7,11,13-15,17-18H2,1-2H3. The predicted molar refractivity (Wildman–Crippen MR) is 121 cm³/mol. The molecule has 0 aromatic heterocycles. The number of piperidine rings is 2. The Morgan fingerprint density at radius 1 is 1.06 bits per heavy atom. The van der Waals surface area contributed by atoms with Crippen molar-refractivity contribution in [3.05, 3.63) is 65.7 Å². The Kier molecular flexibility index (Phi) is 6.71. The van der Waals surface area contributed by atoms with Crippen molar-refractivity contribution in [1.29, 1.82) is 0 Å². The highest BCUT2D eigenvalue weighted by atomic mass is 16.5. The van der Waals surface area contributed by atoms with Crippen molar-refractivity contribution in [3.63, 3.8) is 0 Å². The van der Waals surface area contributed by atoms with Crippen LogP contribution in [0.3, 0.4) is 0 Å². The number of amides is 1. The number of fused-ring (bicyclic) bond motifs is 1. The highest BCUT2D eigenvalue weighted by Crippen LogP contribution is 2.32. The Labute approximate surface area is 185 Å². The molecule has 0 radical (unpaired) electrons. The van der Waals surface area contributed by atoms with E-state index in [1.165, 1.54) is 25.3 Å². The van der Waals surface area contributed by atoms with Gasteiger partial charge in [-0.05, 0) is 63.3 Å². The maximum Gasteiger partial charge on any atom is 0.263 e. The molecule has 1 amide bonds. The Bertz CT molecular complexity index is 914. The Hall–Kier alpha value is -2.66. The fourth-order valence-corrected chi connectivity index (χ4v) is 5.02. The molecule has 0 N–H and O–H groups in total. The van der Waals surface area contributed by atoms with Crippen LogP contribution in [0.1, 0.15) is 49.0 Å². The van der Waals surface area contributed by atoms with Crippen LogP contribution in [-0.2, 0) is 11.3 Å². The molecule has 164 valence electrons. The highest BCUT2D eigenvalue weighted by Gasteiger charge is 2.38. The first kappa shape index (κ1) is 21.6. The number of benzene rings is 2. The Balaban J connectivity index is 1.36. The minimum Gasteiger partial charge on any atom is -0.481 e. The van der Waals surface area contributed by atoms with Crippen LogP contribution in [0.15, 0.2) is 54.6 Å². The molecule has 0 bridgehead atoms. The minimum absolute atomic E-state index is 0.0103. The van der Waals surface area contributed by atoms with Crippen molar-refractivity contribution in [2.75, 3.05) is 19.6 Å². The fourth-order valence-electron chi connectivity index (χ4n) is 5.02.